The van der Waals surface area contributed by atoms with E-state index in [4.69, 9.17) is 14.5 Å². The molecule has 1 aromatic heterocycles. The summed E-state index contributed by atoms with van der Waals surface area (Å²) in [4.78, 5) is 23.9. The van der Waals surface area contributed by atoms with E-state index in [1.165, 1.54) is 7.11 Å². The van der Waals surface area contributed by atoms with Crippen LogP contribution < -0.4 is 5.32 Å². The van der Waals surface area contributed by atoms with E-state index in [2.05, 4.69) is 36.0 Å². The lowest BCUT2D eigenvalue weighted by Gasteiger charge is -2.20. The van der Waals surface area contributed by atoms with E-state index in [-0.39, 0.29) is 5.97 Å². The Labute approximate surface area is 196 Å². The molecule has 4 rings (SSSR count). The standard InChI is InChI=1S/C19H19BrN4O2.C4H8O2/c1-19(25-8-9-26-19)12-23-17-11-22-18(16-4-2-3-7-21-16)14-10-13(20)5-6-15(14)24-17;1-3-4(5)6-2/h2-7,10H,8-9,11-12H2,1H3,(H,23,24);3H2,1-2H3. The van der Waals surface area contributed by atoms with E-state index < -0.39 is 5.79 Å². The van der Waals surface area contributed by atoms with Crippen molar-refractivity contribution in [2.24, 2.45) is 9.98 Å². The van der Waals surface area contributed by atoms with Crippen molar-refractivity contribution in [1.82, 2.24) is 4.98 Å². The number of pyridine rings is 1. The topological polar surface area (TPSA) is 94.4 Å². The average Bonchev–Trinajstić information content (AvgIpc) is 3.17. The minimum absolute atomic E-state index is 0.157. The Morgan fingerprint density at radius 2 is 2.06 bits per heavy atom. The Kier molecular flexibility index (Phi) is 8.49. The molecule has 3 heterocycles. The predicted octanol–water partition coefficient (Wildman–Crippen LogP) is 3.84. The van der Waals surface area contributed by atoms with Gasteiger partial charge in [0, 0.05) is 28.3 Å². The number of benzene rings is 1. The van der Waals surface area contributed by atoms with E-state index in [9.17, 15) is 4.79 Å². The number of carbonyl (C=O) groups is 1. The summed E-state index contributed by atoms with van der Waals surface area (Å²) >= 11 is 3.55. The molecule has 0 saturated carbocycles. The Bertz CT molecular complexity index is 983. The monoisotopic (exact) mass is 502 g/mol. The quantitative estimate of drug-likeness (QED) is 0.638. The summed E-state index contributed by atoms with van der Waals surface area (Å²) in [5, 5.41) is 3.40. The third kappa shape index (κ3) is 6.44. The summed E-state index contributed by atoms with van der Waals surface area (Å²) in [6.07, 6.45) is 2.24. The van der Waals surface area contributed by atoms with Gasteiger partial charge < -0.3 is 19.5 Å². The second kappa shape index (κ2) is 11.3. The van der Waals surface area contributed by atoms with E-state index in [1.54, 1.807) is 13.1 Å². The lowest BCUT2D eigenvalue weighted by molar-refractivity contribution is -0.140. The fourth-order valence-corrected chi connectivity index (χ4v) is 3.46. The van der Waals surface area contributed by atoms with Crippen LogP contribution in [-0.2, 0) is 19.0 Å². The highest BCUT2D eigenvalue weighted by molar-refractivity contribution is 9.10. The molecule has 0 amide bonds. The van der Waals surface area contributed by atoms with Crippen molar-refractivity contribution in [2.45, 2.75) is 26.1 Å². The molecule has 0 spiro atoms. The predicted molar refractivity (Wildman–Crippen MR) is 127 cm³/mol. The molecule has 1 aromatic carbocycles. The maximum atomic E-state index is 9.96. The van der Waals surface area contributed by atoms with E-state index in [0.29, 0.717) is 32.7 Å². The molecular weight excluding hydrogens is 476 g/mol. The third-order valence-electron chi connectivity index (χ3n) is 4.78. The minimum atomic E-state index is -0.656. The number of amidine groups is 1. The van der Waals surface area contributed by atoms with Crippen LogP contribution in [0.1, 0.15) is 31.5 Å². The van der Waals surface area contributed by atoms with Crippen molar-refractivity contribution >= 4 is 39.1 Å². The van der Waals surface area contributed by atoms with Crippen LogP contribution in [0.3, 0.4) is 0 Å². The highest BCUT2D eigenvalue weighted by atomic mass is 79.9. The first-order valence-corrected chi connectivity index (χ1v) is 11.1. The first-order valence-electron chi connectivity index (χ1n) is 10.3. The molecule has 0 aliphatic carbocycles. The fraction of sp³-hybridized carbons (Fsp3) is 0.391. The molecule has 1 N–H and O–H groups in total. The largest absolute Gasteiger partial charge is 0.469 e. The van der Waals surface area contributed by atoms with Gasteiger partial charge in [0.05, 0.1) is 44.8 Å². The van der Waals surface area contributed by atoms with Crippen LogP contribution in [0.2, 0.25) is 0 Å². The van der Waals surface area contributed by atoms with Gasteiger partial charge in [0.1, 0.15) is 5.84 Å². The van der Waals surface area contributed by atoms with Gasteiger partial charge in [0.15, 0.2) is 5.79 Å². The van der Waals surface area contributed by atoms with Gasteiger partial charge in [0.2, 0.25) is 0 Å². The van der Waals surface area contributed by atoms with Gasteiger partial charge in [-0.25, -0.2) is 0 Å². The van der Waals surface area contributed by atoms with Crippen LogP contribution in [0.25, 0.3) is 0 Å². The van der Waals surface area contributed by atoms with Crippen LogP contribution in [0.4, 0.5) is 5.69 Å². The second-order valence-electron chi connectivity index (χ2n) is 7.22. The Hall–Kier alpha value is -2.62. The van der Waals surface area contributed by atoms with Crippen LogP contribution in [-0.4, -0.2) is 61.7 Å². The van der Waals surface area contributed by atoms with Crippen LogP contribution >= 0.6 is 15.9 Å². The number of methoxy groups -OCH3 is 1. The Balaban J connectivity index is 0.000000427. The number of rotatable bonds is 4. The van der Waals surface area contributed by atoms with Crippen molar-refractivity contribution in [3.63, 3.8) is 0 Å². The molecule has 0 bridgehead atoms. The smallest absolute Gasteiger partial charge is 0.305 e. The molecule has 2 aromatic rings. The molecule has 2 aliphatic rings. The molecule has 0 radical (unpaired) electrons. The number of aliphatic imine (C=N–C) groups is 2. The summed E-state index contributed by atoms with van der Waals surface area (Å²) in [5.74, 6) is -0.0355. The highest BCUT2D eigenvalue weighted by Gasteiger charge is 2.31. The molecule has 9 heteroatoms. The number of carbonyl (C=O) groups excluding carboxylic acids is 1. The first kappa shape index (κ1) is 24.0. The number of esters is 1. The van der Waals surface area contributed by atoms with Crippen molar-refractivity contribution in [2.75, 3.05) is 38.7 Å². The van der Waals surface area contributed by atoms with Gasteiger partial charge in [-0.15, -0.1) is 0 Å². The van der Waals surface area contributed by atoms with Crippen molar-refractivity contribution in [3.05, 3.63) is 58.3 Å². The first-order chi connectivity index (χ1) is 15.4. The minimum Gasteiger partial charge on any atom is -0.469 e. The Morgan fingerprint density at radius 3 is 2.69 bits per heavy atom. The van der Waals surface area contributed by atoms with Gasteiger partial charge in [-0.05, 0) is 37.3 Å². The highest BCUT2D eigenvalue weighted by Crippen LogP contribution is 2.26. The van der Waals surface area contributed by atoms with E-state index in [1.807, 2.05) is 43.3 Å². The number of nitrogens with zero attached hydrogens (tertiary/aromatic N) is 3. The zero-order valence-corrected chi connectivity index (χ0v) is 20.0. The van der Waals surface area contributed by atoms with Gasteiger partial charge in [-0.2, -0.15) is 0 Å². The number of halogens is 1. The fourth-order valence-electron chi connectivity index (χ4n) is 3.10. The Morgan fingerprint density at radius 1 is 1.28 bits per heavy atom. The molecule has 2 aliphatic heterocycles. The molecule has 170 valence electrons. The molecular formula is C23H27BrN4O4. The zero-order chi connectivity index (χ0) is 23.0. The molecule has 0 atom stereocenters. The van der Waals surface area contributed by atoms with Gasteiger partial charge in [-0.1, -0.05) is 28.9 Å². The van der Waals surface area contributed by atoms with E-state index >= 15 is 0 Å². The lowest BCUT2D eigenvalue weighted by Crippen LogP contribution is -2.31. The SMILES string of the molecule is CC1(CN=C2CN=C(c3ccccn3)c3cc(Br)ccc3N2)OCCO1.CCC(=O)OC. The number of hydrogen-bond donors (Lipinski definition) is 1. The summed E-state index contributed by atoms with van der Waals surface area (Å²) in [5.41, 5.74) is 3.62. The van der Waals surface area contributed by atoms with Crippen molar-refractivity contribution < 1.29 is 19.0 Å². The summed E-state index contributed by atoms with van der Waals surface area (Å²) in [6.45, 7) is 5.74. The third-order valence-corrected chi connectivity index (χ3v) is 5.27. The number of fused-ring (bicyclic) bond motifs is 1. The summed E-state index contributed by atoms with van der Waals surface area (Å²) in [6, 6.07) is 11.9. The number of aromatic nitrogens is 1. The summed E-state index contributed by atoms with van der Waals surface area (Å²) < 4.78 is 16.5. The molecule has 0 unspecified atom stereocenters. The number of anilines is 1. The van der Waals surface area contributed by atoms with Crippen molar-refractivity contribution in [3.8, 4) is 0 Å². The maximum absolute atomic E-state index is 9.96. The van der Waals surface area contributed by atoms with Crippen LogP contribution in [0, 0.1) is 0 Å². The van der Waals surface area contributed by atoms with Crippen LogP contribution in [0.5, 0.6) is 0 Å². The van der Waals surface area contributed by atoms with E-state index in [0.717, 1.165) is 33.0 Å². The van der Waals surface area contributed by atoms with Gasteiger partial charge in [-0.3, -0.25) is 19.8 Å². The van der Waals surface area contributed by atoms with Crippen molar-refractivity contribution in [1.29, 1.82) is 0 Å². The summed E-state index contributed by atoms with van der Waals surface area (Å²) in [7, 11) is 1.38. The van der Waals surface area contributed by atoms with Crippen LogP contribution in [0.15, 0.2) is 57.1 Å². The molecule has 8 nitrogen and oxygen atoms in total. The number of hydrogen-bond acceptors (Lipinski definition) is 7. The molecule has 1 saturated heterocycles. The van der Waals surface area contributed by atoms with Gasteiger partial charge in [0.25, 0.3) is 0 Å². The molecule has 32 heavy (non-hydrogen) atoms. The number of nitrogens with one attached hydrogen (secondary N) is 1. The molecule has 1 fully saturated rings. The number of benzodiazepines with no additional fused rings is 1. The van der Waals surface area contributed by atoms with Gasteiger partial charge >= 0.3 is 5.97 Å². The zero-order valence-electron chi connectivity index (χ0n) is 18.4. The normalized spacial score (nSPS) is 17.9. The maximum Gasteiger partial charge on any atom is 0.305 e. The number of ether oxygens (including phenoxy) is 3. The second-order valence-corrected chi connectivity index (χ2v) is 8.13. The average molecular weight is 503 g/mol. The lowest BCUT2D eigenvalue weighted by atomic mass is 10.0.